The van der Waals surface area contributed by atoms with Gasteiger partial charge in [0.25, 0.3) is 0 Å². The van der Waals surface area contributed by atoms with Gasteiger partial charge >= 0.3 is 0 Å². The zero-order valence-corrected chi connectivity index (χ0v) is 12.1. The number of hydrogen-bond donors (Lipinski definition) is 1. The van der Waals surface area contributed by atoms with Crippen LogP contribution >= 0.6 is 24.0 Å². The second-order valence-electron chi connectivity index (χ2n) is 3.67. The average molecular weight is 296 g/mol. The van der Waals surface area contributed by atoms with E-state index in [0.29, 0.717) is 23.0 Å². The topological polar surface area (TPSA) is 66.5 Å². The summed E-state index contributed by atoms with van der Waals surface area (Å²) in [5.41, 5.74) is 0. The van der Waals surface area contributed by atoms with Gasteiger partial charge in [-0.1, -0.05) is 37.3 Å². The van der Waals surface area contributed by atoms with Gasteiger partial charge in [-0.15, -0.1) is 0 Å². The first kappa shape index (κ1) is 14.9. The van der Waals surface area contributed by atoms with Crippen molar-refractivity contribution < 1.29 is 13.2 Å². The molecule has 1 fully saturated rings. The van der Waals surface area contributed by atoms with Gasteiger partial charge in [-0.05, 0) is 6.42 Å². The molecule has 1 heterocycles. The molecule has 0 aromatic rings. The summed E-state index contributed by atoms with van der Waals surface area (Å²) < 4.78 is 25.9. The van der Waals surface area contributed by atoms with Crippen LogP contribution in [0.2, 0.25) is 0 Å². The monoisotopic (exact) mass is 296 g/mol. The van der Waals surface area contributed by atoms with E-state index < -0.39 is 10.0 Å². The molecule has 0 aromatic carbocycles. The predicted octanol–water partition coefficient (Wildman–Crippen LogP) is 0.566. The van der Waals surface area contributed by atoms with Crippen molar-refractivity contribution in [1.29, 1.82) is 0 Å². The third-order valence-corrected chi connectivity index (χ3v) is 5.17. The SMILES string of the molecule is CCCCS(=O)(=O)NCCN1C(=O)CSC1=S. The number of carbonyl (C=O) groups is 1. The summed E-state index contributed by atoms with van der Waals surface area (Å²) in [7, 11) is -3.21. The lowest BCUT2D eigenvalue weighted by atomic mass is 10.4. The average Bonchev–Trinajstić information content (AvgIpc) is 2.58. The quantitative estimate of drug-likeness (QED) is 0.696. The van der Waals surface area contributed by atoms with Crippen LogP contribution in [0.4, 0.5) is 0 Å². The molecule has 0 unspecified atom stereocenters. The molecule has 0 saturated carbocycles. The number of nitrogens with one attached hydrogen (secondary N) is 1. The lowest BCUT2D eigenvalue weighted by molar-refractivity contribution is -0.123. The van der Waals surface area contributed by atoms with Crippen LogP contribution in [0, 0.1) is 0 Å². The van der Waals surface area contributed by atoms with Gasteiger partial charge in [0.05, 0.1) is 11.5 Å². The Balaban J connectivity index is 2.32. The maximum atomic E-state index is 11.5. The van der Waals surface area contributed by atoms with Gasteiger partial charge < -0.3 is 0 Å². The molecule has 1 aliphatic rings. The Hall–Kier alpha value is -0.180. The largest absolute Gasteiger partial charge is 0.296 e. The van der Waals surface area contributed by atoms with Crippen LogP contribution < -0.4 is 4.72 Å². The van der Waals surface area contributed by atoms with Gasteiger partial charge in [0, 0.05) is 13.1 Å². The third-order valence-electron chi connectivity index (χ3n) is 2.26. The summed E-state index contributed by atoms with van der Waals surface area (Å²) in [5.74, 6) is 0.450. The summed E-state index contributed by atoms with van der Waals surface area (Å²) in [6.45, 7) is 2.47. The summed E-state index contributed by atoms with van der Waals surface area (Å²) in [5, 5.41) is 0. The summed E-state index contributed by atoms with van der Waals surface area (Å²) in [4.78, 5) is 12.8. The van der Waals surface area contributed by atoms with E-state index in [1.165, 1.54) is 16.7 Å². The number of hydrogen-bond acceptors (Lipinski definition) is 5. The molecule has 1 aliphatic heterocycles. The number of thiocarbonyl (C=S) groups is 1. The van der Waals surface area contributed by atoms with E-state index in [1.807, 2.05) is 6.92 Å². The molecular weight excluding hydrogens is 280 g/mol. The van der Waals surface area contributed by atoms with Crippen molar-refractivity contribution in [2.75, 3.05) is 24.6 Å². The smallest absolute Gasteiger partial charge is 0.238 e. The van der Waals surface area contributed by atoms with Crippen LogP contribution in [-0.2, 0) is 14.8 Å². The van der Waals surface area contributed by atoms with Crippen molar-refractivity contribution >= 4 is 44.2 Å². The zero-order chi connectivity index (χ0) is 12.9. The fourth-order valence-electron chi connectivity index (χ4n) is 1.32. The van der Waals surface area contributed by atoms with E-state index >= 15 is 0 Å². The Morgan fingerprint density at radius 2 is 2.24 bits per heavy atom. The minimum Gasteiger partial charge on any atom is -0.296 e. The molecule has 0 atom stereocenters. The lowest BCUT2D eigenvalue weighted by Gasteiger charge is -2.15. The van der Waals surface area contributed by atoms with E-state index in [4.69, 9.17) is 12.2 Å². The molecule has 8 heteroatoms. The van der Waals surface area contributed by atoms with Gasteiger partial charge in [0.1, 0.15) is 4.32 Å². The number of nitrogens with zero attached hydrogens (tertiary/aromatic N) is 1. The van der Waals surface area contributed by atoms with Gasteiger partial charge in [-0.2, -0.15) is 0 Å². The highest BCUT2D eigenvalue weighted by Crippen LogP contribution is 2.18. The van der Waals surface area contributed by atoms with Gasteiger partial charge in [0.15, 0.2) is 0 Å². The molecule has 0 aliphatic carbocycles. The number of amides is 1. The number of thioether (sulfide) groups is 1. The molecule has 0 radical (unpaired) electrons. The summed E-state index contributed by atoms with van der Waals surface area (Å²) in [6.07, 6.45) is 1.48. The van der Waals surface area contributed by atoms with Crippen LogP contribution in [0.25, 0.3) is 0 Å². The lowest BCUT2D eigenvalue weighted by Crippen LogP contribution is -2.38. The minimum absolute atomic E-state index is 0.0484. The van der Waals surface area contributed by atoms with Crippen molar-refractivity contribution in [1.82, 2.24) is 9.62 Å². The molecule has 98 valence electrons. The van der Waals surface area contributed by atoms with E-state index in [-0.39, 0.29) is 18.2 Å². The molecule has 1 N–H and O–H groups in total. The van der Waals surface area contributed by atoms with Crippen molar-refractivity contribution in [3.05, 3.63) is 0 Å². The molecule has 0 aromatic heterocycles. The van der Waals surface area contributed by atoms with Crippen LogP contribution in [0.15, 0.2) is 0 Å². The Labute approximate surface area is 111 Å². The second kappa shape index (κ2) is 6.67. The van der Waals surface area contributed by atoms with E-state index in [2.05, 4.69) is 4.72 Å². The maximum absolute atomic E-state index is 11.5. The number of unbranched alkanes of at least 4 members (excludes halogenated alkanes) is 1. The van der Waals surface area contributed by atoms with Gasteiger partial charge in [-0.25, -0.2) is 13.1 Å². The standard InChI is InChI=1S/C9H16N2O3S3/c1-2-3-6-17(13,14)10-4-5-11-8(12)7-16-9(11)15/h10H,2-7H2,1H3. The molecule has 5 nitrogen and oxygen atoms in total. The third kappa shape index (κ3) is 4.90. The molecule has 1 rings (SSSR count). The van der Waals surface area contributed by atoms with Crippen molar-refractivity contribution in [3.8, 4) is 0 Å². The molecule has 1 saturated heterocycles. The highest BCUT2D eigenvalue weighted by Gasteiger charge is 2.26. The Morgan fingerprint density at radius 1 is 1.53 bits per heavy atom. The van der Waals surface area contributed by atoms with Crippen LogP contribution in [0.5, 0.6) is 0 Å². The van der Waals surface area contributed by atoms with Crippen molar-refractivity contribution in [2.45, 2.75) is 19.8 Å². The highest BCUT2D eigenvalue weighted by molar-refractivity contribution is 8.23. The Kier molecular flexibility index (Phi) is 5.84. The molecule has 0 spiro atoms. The number of sulfonamides is 1. The normalized spacial score (nSPS) is 16.9. The Bertz CT molecular complexity index is 378. The van der Waals surface area contributed by atoms with Gasteiger partial charge in [-0.3, -0.25) is 9.69 Å². The summed E-state index contributed by atoms with van der Waals surface area (Å²) in [6, 6.07) is 0. The fourth-order valence-corrected chi connectivity index (χ4v) is 3.65. The molecular formula is C9H16N2O3S3. The maximum Gasteiger partial charge on any atom is 0.238 e. The number of carbonyl (C=O) groups excluding carboxylic acids is 1. The Morgan fingerprint density at radius 3 is 2.76 bits per heavy atom. The predicted molar refractivity (Wildman–Crippen MR) is 73.5 cm³/mol. The van der Waals surface area contributed by atoms with Crippen molar-refractivity contribution in [3.63, 3.8) is 0 Å². The summed E-state index contributed by atoms with van der Waals surface area (Å²) >= 11 is 6.30. The van der Waals surface area contributed by atoms with E-state index in [1.54, 1.807) is 0 Å². The number of rotatable bonds is 7. The molecule has 1 amide bonds. The first-order valence-corrected chi connectivity index (χ1v) is 8.45. The van der Waals surface area contributed by atoms with Gasteiger partial charge in [0.2, 0.25) is 15.9 Å². The van der Waals surface area contributed by atoms with Crippen molar-refractivity contribution in [2.24, 2.45) is 0 Å². The second-order valence-corrected chi connectivity index (χ2v) is 7.20. The van der Waals surface area contributed by atoms with Crippen LogP contribution in [-0.4, -0.2) is 48.1 Å². The zero-order valence-electron chi connectivity index (χ0n) is 9.64. The minimum atomic E-state index is -3.21. The van der Waals surface area contributed by atoms with E-state index in [0.717, 1.165) is 6.42 Å². The first-order valence-electron chi connectivity index (χ1n) is 5.40. The van der Waals surface area contributed by atoms with Crippen LogP contribution in [0.1, 0.15) is 19.8 Å². The first-order chi connectivity index (χ1) is 7.96. The van der Waals surface area contributed by atoms with Crippen LogP contribution in [0.3, 0.4) is 0 Å². The highest BCUT2D eigenvalue weighted by atomic mass is 32.2. The van der Waals surface area contributed by atoms with E-state index in [9.17, 15) is 13.2 Å². The fraction of sp³-hybridized carbons (Fsp3) is 0.778. The molecule has 0 bridgehead atoms. The molecule has 17 heavy (non-hydrogen) atoms.